The van der Waals surface area contributed by atoms with Crippen LogP contribution in [0.15, 0.2) is 29.4 Å². The van der Waals surface area contributed by atoms with Crippen LogP contribution in [0.3, 0.4) is 0 Å². The van der Waals surface area contributed by atoms with Gasteiger partial charge in [0.2, 0.25) is 11.1 Å². The summed E-state index contributed by atoms with van der Waals surface area (Å²) in [4.78, 5) is 29.7. The fourth-order valence-corrected chi connectivity index (χ4v) is 5.11. The van der Waals surface area contributed by atoms with Gasteiger partial charge in [-0.3, -0.25) is 14.7 Å². The fraction of sp³-hybridized carbons (Fsp3) is 0.263. The molecule has 0 saturated carbocycles. The first-order valence-electron chi connectivity index (χ1n) is 8.87. The zero-order valence-electron chi connectivity index (χ0n) is 15.2. The normalized spacial score (nSPS) is 12.8. The highest BCUT2D eigenvalue weighted by Crippen LogP contribution is 2.38. The molecule has 2 amide bonds. The Morgan fingerprint density at radius 2 is 2.07 bits per heavy atom. The average Bonchev–Trinajstić information content (AvgIpc) is 3.36. The molecule has 1 aliphatic carbocycles. The second-order valence-electron chi connectivity index (χ2n) is 6.60. The molecule has 4 N–H and O–H groups in total. The molecule has 9 heteroatoms. The minimum absolute atomic E-state index is 0.145. The topological polar surface area (TPSA) is 114 Å². The number of aryl methyl sites for hydroxylation is 2. The first-order valence-corrected chi connectivity index (χ1v) is 10.7. The number of amides is 2. The van der Waals surface area contributed by atoms with E-state index in [1.54, 1.807) is 0 Å². The molecule has 3 aromatic rings. The van der Waals surface area contributed by atoms with Crippen molar-refractivity contribution >= 4 is 39.9 Å². The van der Waals surface area contributed by atoms with E-state index in [0.29, 0.717) is 21.5 Å². The van der Waals surface area contributed by atoms with Crippen LogP contribution in [-0.2, 0) is 17.6 Å². The van der Waals surface area contributed by atoms with Crippen molar-refractivity contribution in [2.45, 2.75) is 31.3 Å². The van der Waals surface area contributed by atoms with Crippen LogP contribution >= 0.6 is 23.1 Å². The number of nitrogens with zero attached hydrogens (tertiary/aromatic N) is 2. The number of hydrogen-bond acceptors (Lipinski definition) is 6. The number of carbonyl (C=O) groups is 2. The summed E-state index contributed by atoms with van der Waals surface area (Å²) in [5.74, 6) is 0.105. The molecule has 0 saturated heterocycles. The van der Waals surface area contributed by atoms with Gasteiger partial charge >= 0.3 is 0 Å². The van der Waals surface area contributed by atoms with Gasteiger partial charge in [0.1, 0.15) is 5.00 Å². The third-order valence-corrected chi connectivity index (χ3v) is 6.60. The molecule has 7 nitrogen and oxygen atoms in total. The lowest BCUT2D eigenvalue weighted by molar-refractivity contribution is -0.113. The number of rotatable bonds is 6. The van der Waals surface area contributed by atoms with Crippen molar-refractivity contribution in [1.82, 2.24) is 15.2 Å². The zero-order chi connectivity index (χ0) is 19.7. The highest BCUT2D eigenvalue weighted by atomic mass is 32.2. The Kier molecular flexibility index (Phi) is 5.19. The molecular weight excluding hydrogens is 394 g/mol. The van der Waals surface area contributed by atoms with Gasteiger partial charge in [-0.1, -0.05) is 41.6 Å². The number of carbonyl (C=O) groups excluding carboxylic acids is 2. The lowest BCUT2D eigenvalue weighted by Crippen LogP contribution is -2.18. The maximum absolute atomic E-state index is 12.4. The zero-order valence-corrected chi connectivity index (χ0v) is 16.9. The summed E-state index contributed by atoms with van der Waals surface area (Å²) >= 11 is 2.68. The Bertz CT molecular complexity index is 1040. The minimum atomic E-state index is -0.487. The van der Waals surface area contributed by atoms with Crippen molar-refractivity contribution in [2.75, 3.05) is 11.1 Å². The number of nitrogens with two attached hydrogens (primary N) is 1. The number of H-pyrrole nitrogens is 1. The SMILES string of the molecule is Cc1ccc(-c2nc(SCC(=O)Nc3sc4c(c3C(N)=O)CCC4)n[nH]2)cc1. The van der Waals surface area contributed by atoms with Gasteiger partial charge in [0, 0.05) is 10.4 Å². The number of aromatic amines is 1. The predicted molar refractivity (Wildman–Crippen MR) is 111 cm³/mol. The first-order chi connectivity index (χ1) is 13.5. The van der Waals surface area contributed by atoms with Gasteiger partial charge in [0.25, 0.3) is 5.91 Å². The van der Waals surface area contributed by atoms with Crippen molar-refractivity contribution in [3.05, 3.63) is 45.8 Å². The van der Waals surface area contributed by atoms with Crippen molar-refractivity contribution in [3.8, 4) is 11.4 Å². The predicted octanol–water partition coefficient (Wildman–Crippen LogP) is 3.16. The van der Waals surface area contributed by atoms with Gasteiger partial charge in [-0.15, -0.1) is 16.4 Å². The molecule has 0 atom stereocenters. The molecule has 144 valence electrons. The lowest BCUT2D eigenvalue weighted by atomic mass is 10.1. The molecule has 0 aliphatic heterocycles. The van der Waals surface area contributed by atoms with Crippen LogP contribution < -0.4 is 11.1 Å². The number of anilines is 1. The summed E-state index contributed by atoms with van der Waals surface area (Å²) in [6.07, 6.45) is 2.80. The van der Waals surface area contributed by atoms with Crippen molar-refractivity contribution < 1.29 is 9.59 Å². The third-order valence-electron chi connectivity index (χ3n) is 4.54. The standard InChI is InChI=1S/C19H19N5O2S2/c1-10-5-7-11(8-6-10)17-22-19(24-23-17)27-9-14(25)21-18-15(16(20)26)12-3-2-4-13(12)28-18/h5-8H,2-4,9H2,1H3,(H2,20,26)(H,21,25)(H,22,23,24). The molecule has 0 fully saturated rings. The molecule has 0 radical (unpaired) electrons. The summed E-state index contributed by atoms with van der Waals surface area (Å²) < 4.78 is 0. The molecule has 1 aliphatic rings. The van der Waals surface area contributed by atoms with Gasteiger partial charge in [0.15, 0.2) is 5.82 Å². The van der Waals surface area contributed by atoms with Gasteiger partial charge in [0.05, 0.1) is 11.3 Å². The molecule has 4 rings (SSSR count). The fourth-order valence-electron chi connectivity index (χ4n) is 3.20. The molecule has 28 heavy (non-hydrogen) atoms. The summed E-state index contributed by atoms with van der Waals surface area (Å²) in [5.41, 5.74) is 9.10. The van der Waals surface area contributed by atoms with Crippen LogP contribution in [0.4, 0.5) is 5.00 Å². The van der Waals surface area contributed by atoms with E-state index in [1.807, 2.05) is 31.2 Å². The number of hydrogen-bond donors (Lipinski definition) is 3. The van der Waals surface area contributed by atoms with E-state index in [9.17, 15) is 9.59 Å². The second-order valence-corrected chi connectivity index (χ2v) is 8.64. The Morgan fingerprint density at radius 3 is 2.82 bits per heavy atom. The Morgan fingerprint density at radius 1 is 1.29 bits per heavy atom. The van der Waals surface area contributed by atoms with E-state index >= 15 is 0 Å². The Labute approximate surface area is 170 Å². The van der Waals surface area contributed by atoms with Crippen molar-refractivity contribution in [3.63, 3.8) is 0 Å². The number of fused-ring (bicyclic) bond motifs is 1. The number of aromatic nitrogens is 3. The molecule has 2 aromatic heterocycles. The van der Waals surface area contributed by atoms with E-state index in [4.69, 9.17) is 5.73 Å². The lowest BCUT2D eigenvalue weighted by Gasteiger charge is -2.05. The quantitative estimate of drug-likeness (QED) is 0.537. The van der Waals surface area contributed by atoms with Crippen LogP contribution in [-0.4, -0.2) is 32.7 Å². The third kappa shape index (κ3) is 3.81. The Balaban J connectivity index is 1.39. The van der Waals surface area contributed by atoms with E-state index in [0.717, 1.165) is 35.3 Å². The van der Waals surface area contributed by atoms with Crippen LogP contribution in [0.1, 0.15) is 32.8 Å². The Hall–Kier alpha value is -2.65. The summed E-state index contributed by atoms with van der Waals surface area (Å²) in [6, 6.07) is 7.95. The largest absolute Gasteiger partial charge is 0.365 e. The second kappa shape index (κ2) is 7.76. The first kappa shape index (κ1) is 18.7. The summed E-state index contributed by atoms with van der Waals surface area (Å²) in [6.45, 7) is 2.02. The highest BCUT2D eigenvalue weighted by Gasteiger charge is 2.26. The van der Waals surface area contributed by atoms with E-state index < -0.39 is 5.91 Å². The molecular formula is C19H19N5O2S2. The summed E-state index contributed by atoms with van der Waals surface area (Å²) in [5, 5.41) is 10.9. The van der Waals surface area contributed by atoms with E-state index in [1.165, 1.54) is 28.7 Å². The average molecular weight is 414 g/mol. The molecule has 0 unspecified atom stereocenters. The number of benzene rings is 1. The van der Waals surface area contributed by atoms with Crippen molar-refractivity contribution in [1.29, 1.82) is 0 Å². The molecule has 0 bridgehead atoms. The van der Waals surface area contributed by atoms with Crippen LogP contribution in [0, 0.1) is 6.92 Å². The maximum Gasteiger partial charge on any atom is 0.251 e. The number of thiophene rings is 1. The maximum atomic E-state index is 12.4. The molecule has 2 heterocycles. The monoisotopic (exact) mass is 413 g/mol. The van der Waals surface area contributed by atoms with E-state index in [-0.39, 0.29) is 11.7 Å². The van der Waals surface area contributed by atoms with E-state index in [2.05, 4.69) is 20.5 Å². The van der Waals surface area contributed by atoms with Crippen LogP contribution in [0.5, 0.6) is 0 Å². The van der Waals surface area contributed by atoms with Gasteiger partial charge in [-0.05, 0) is 31.7 Å². The number of primary amides is 1. The number of thioether (sulfide) groups is 1. The van der Waals surface area contributed by atoms with Gasteiger partial charge in [-0.2, -0.15) is 0 Å². The summed E-state index contributed by atoms with van der Waals surface area (Å²) in [7, 11) is 0. The highest BCUT2D eigenvalue weighted by molar-refractivity contribution is 7.99. The van der Waals surface area contributed by atoms with Gasteiger partial charge in [-0.25, -0.2) is 4.98 Å². The van der Waals surface area contributed by atoms with Gasteiger partial charge < -0.3 is 11.1 Å². The van der Waals surface area contributed by atoms with Crippen molar-refractivity contribution in [2.24, 2.45) is 5.73 Å². The molecule has 1 aromatic carbocycles. The van der Waals surface area contributed by atoms with Crippen LogP contribution in [0.25, 0.3) is 11.4 Å². The van der Waals surface area contributed by atoms with Crippen LogP contribution in [0.2, 0.25) is 0 Å². The number of nitrogens with one attached hydrogen (secondary N) is 2. The smallest absolute Gasteiger partial charge is 0.251 e. The molecule has 0 spiro atoms. The minimum Gasteiger partial charge on any atom is -0.365 e.